The molecular weight excluding hydrogens is 1040 g/mol. The molecular formula is C70H114N2O11. The molecule has 0 saturated carbocycles. The Kier molecular flexibility index (Phi) is 33.2. The molecule has 83 heavy (non-hydrogen) atoms. The lowest BCUT2D eigenvalue weighted by Crippen LogP contribution is -2.50. The van der Waals surface area contributed by atoms with Crippen LogP contribution in [0.5, 0.6) is 5.75 Å². The fourth-order valence-corrected chi connectivity index (χ4v) is 7.82. The molecule has 0 bridgehead atoms. The maximum atomic E-state index is 12.3. The summed E-state index contributed by atoms with van der Waals surface area (Å²) >= 11 is 0. The Balaban J connectivity index is 0.00000106. The summed E-state index contributed by atoms with van der Waals surface area (Å²) < 4.78 is 16.5. The summed E-state index contributed by atoms with van der Waals surface area (Å²) in [6.45, 7) is 47.6. The number of unbranched alkanes of at least 4 members (excludes halogenated alkanes) is 4. The minimum Gasteiger partial charge on any atom is -0.508 e. The molecule has 13 nitrogen and oxygen atoms in total. The second kappa shape index (κ2) is 35.4. The van der Waals surface area contributed by atoms with Crippen molar-refractivity contribution in [1.29, 1.82) is 0 Å². The number of aromatic carboxylic acids is 1. The smallest absolute Gasteiger partial charge is 0.336 e. The summed E-state index contributed by atoms with van der Waals surface area (Å²) in [5.74, 6) is 0.388. The van der Waals surface area contributed by atoms with Crippen LogP contribution in [-0.2, 0) is 28.7 Å². The molecule has 1 heterocycles. The van der Waals surface area contributed by atoms with Crippen molar-refractivity contribution in [2.75, 3.05) is 33.0 Å². The normalized spacial score (nSPS) is 12.6. The highest BCUT2D eigenvalue weighted by molar-refractivity contribution is 6.07. The molecule has 0 radical (unpaired) electrons. The van der Waals surface area contributed by atoms with Crippen molar-refractivity contribution < 1.29 is 48.1 Å². The Morgan fingerprint density at radius 2 is 1.13 bits per heavy atom. The lowest BCUT2D eigenvalue weighted by molar-refractivity contribution is -0.131. The lowest BCUT2D eigenvalue weighted by atomic mass is 9.84. The van der Waals surface area contributed by atoms with Gasteiger partial charge in [0.15, 0.2) is 17.0 Å². The van der Waals surface area contributed by atoms with Crippen molar-refractivity contribution in [1.82, 2.24) is 5.32 Å². The van der Waals surface area contributed by atoms with E-state index in [1.807, 2.05) is 83.1 Å². The molecule has 1 atom stereocenters. The molecule has 0 spiro atoms. The average Bonchev–Trinajstić information content (AvgIpc) is 2.94. The van der Waals surface area contributed by atoms with Gasteiger partial charge in [-0.15, -0.1) is 0 Å². The van der Waals surface area contributed by atoms with Gasteiger partial charge in [0.1, 0.15) is 35.3 Å². The maximum Gasteiger partial charge on any atom is 0.336 e. The highest BCUT2D eigenvalue weighted by atomic mass is 16.5. The number of hydrogen-bond acceptors (Lipinski definition) is 12. The number of benzene rings is 3. The van der Waals surface area contributed by atoms with Gasteiger partial charge in [-0.25, -0.2) is 4.79 Å². The number of fused-ring (bicyclic) bond motifs is 2. The number of ether oxygens (including phenoxy) is 2. The molecule has 0 saturated heterocycles. The molecule has 0 unspecified atom stereocenters. The molecule has 470 valence electrons. The maximum absolute atomic E-state index is 12.3. The standard InChI is InChI=1S/C20H12O5.C15H30O3.C15H30O.C14H30N2O.C6H12O/c21-11-5-7-15-17(9-11)25-18-10-12(22)6-8-16(18)19(15)13-3-1-2-4-14(13)20(23)24;1-14(2,3)8-7-9-17-10-11-18-12-13(16)15(4,5)6;1-14(2,3)12-10-8-7-9-11-13(16)15(4,5)6;1-13(2,3)12(17)11(9-7-8-10-15)16-14(4,5)6;1-5(7)6(2,3)4/h1-10,21H,(H,23,24);7-12H2,1-6H3;7-12H2,1-6H3;11,16H,7-10,15H2,1-6H3;1-4H3/t;;;11-;/m...0./s1. The Bertz CT molecular complexity index is 2610. The number of phenolic OH excluding ortho intramolecular Hbond substituents is 1. The summed E-state index contributed by atoms with van der Waals surface area (Å²) in [5.41, 5.74) is 7.51. The molecule has 5 N–H and O–H groups in total. The summed E-state index contributed by atoms with van der Waals surface area (Å²) in [4.78, 5) is 69.4. The summed E-state index contributed by atoms with van der Waals surface area (Å²) in [6.07, 6.45) is 12.0. The van der Waals surface area contributed by atoms with Gasteiger partial charge in [0.2, 0.25) is 0 Å². The van der Waals surface area contributed by atoms with Gasteiger partial charge in [-0.05, 0) is 119 Å². The van der Waals surface area contributed by atoms with Crippen LogP contribution in [0.25, 0.3) is 33.4 Å². The summed E-state index contributed by atoms with van der Waals surface area (Å²) in [5, 5.41) is 23.4. The van der Waals surface area contributed by atoms with E-state index in [0.717, 1.165) is 51.6 Å². The molecule has 0 aromatic heterocycles. The number of carbonyl (C=O) groups excluding carboxylic acids is 4. The van der Waals surface area contributed by atoms with Gasteiger partial charge < -0.3 is 35.2 Å². The van der Waals surface area contributed by atoms with Crippen LogP contribution in [-0.4, -0.2) is 83.9 Å². The molecule has 2 aromatic rings. The van der Waals surface area contributed by atoms with Gasteiger partial charge in [0, 0.05) is 68.9 Å². The molecule has 13 heteroatoms. The molecule has 0 fully saturated rings. The quantitative estimate of drug-likeness (QED) is 0.0426. The van der Waals surface area contributed by atoms with Crippen molar-refractivity contribution in [3.8, 4) is 28.2 Å². The number of carbonyl (C=O) groups is 5. The van der Waals surface area contributed by atoms with E-state index >= 15 is 0 Å². The van der Waals surface area contributed by atoms with Crippen molar-refractivity contribution >= 4 is 40.1 Å². The first-order valence-corrected chi connectivity index (χ1v) is 30.1. The highest BCUT2D eigenvalue weighted by Crippen LogP contribution is 2.42. The minimum atomic E-state index is -1.04. The monoisotopic (exact) mass is 1160 g/mol. The third-order valence-electron chi connectivity index (χ3n) is 13.3. The second-order valence-corrected chi connectivity index (χ2v) is 29.5. The van der Waals surface area contributed by atoms with Crippen molar-refractivity contribution in [3.63, 3.8) is 0 Å². The number of Topliss-reactive ketones (excluding diaryl/α,β-unsaturated/α-hetero) is 4. The fourth-order valence-electron chi connectivity index (χ4n) is 7.82. The zero-order valence-electron chi connectivity index (χ0n) is 55.8. The zero-order valence-corrected chi connectivity index (χ0v) is 55.8. The number of phenols is 1. The fraction of sp³-hybridized carbons (Fsp3) is 0.657. The van der Waals surface area contributed by atoms with Crippen molar-refractivity contribution in [2.45, 2.75) is 235 Å². The number of carboxylic acids is 1. The summed E-state index contributed by atoms with van der Waals surface area (Å²) in [7, 11) is 0. The molecule has 1 aliphatic heterocycles. The van der Waals surface area contributed by atoms with Crippen molar-refractivity contribution in [2.24, 2.45) is 38.2 Å². The Hall–Kier alpha value is -5.08. The topological polar surface area (TPSA) is 213 Å². The van der Waals surface area contributed by atoms with E-state index in [4.69, 9.17) is 19.6 Å². The van der Waals surface area contributed by atoms with Crippen LogP contribution in [0.15, 0.2) is 69.9 Å². The predicted octanol–water partition coefficient (Wildman–Crippen LogP) is 16.5. The molecule has 0 amide bonds. The number of rotatable bonds is 22. The first-order chi connectivity index (χ1) is 37.8. The van der Waals surface area contributed by atoms with Crippen LogP contribution in [0.4, 0.5) is 0 Å². The second-order valence-electron chi connectivity index (χ2n) is 29.5. The van der Waals surface area contributed by atoms with E-state index in [1.165, 1.54) is 56.0 Å². The van der Waals surface area contributed by atoms with Crippen molar-refractivity contribution in [3.05, 3.63) is 76.5 Å². The largest absolute Gasteiger partial charge is 0.508 e. The minimum absolute atomic E-state index is 0.0198. The van der Waals surface area contributed by atoms with E-state index in [0.29, 0.717) is 75.6 Å². The van der Waals surface area contributed by atoms with E-state index in [2.05, 4.69) is 67.6 Å². The zero-order chi connectivity index (χ0) is 64.4. The van der Waals surface area contributed by atoms with E-state index in [9.17, 15) is 39.0 Å². The van der Waals surface area contributed by atoms with Crippen LogP contribution in [0.1, 0.15) is 233 Å². The van der Waals surface area contributed by atoms with Gasteiger partial charge >= 0.3 is 5.97 Å². The number of hydrogen-bond donors (Lipinski definition) is 4. The number of aromatic hydroxyl groups is 1. The van der Waals surface area contributed by atoms with Crippen LogP contribution in [0.3, 0.4) is 0 Å². The first-order valence-electron chi connectivity index (χ1n) is 30.1. The average molecular weight is 1160 g/mol. The molecule has 2 aromatic carbocycles. The number of ketones is 4. The number of nitrogens with one attached hydrogen (secondary N) is 1. The van der Waals surface area contributed by atoms with Gasteiger partial charge in [-0.3, -0.25) is 24.0 Å². The van der Waals surface area contributed by atoms with Gasteiger partial charge in [-0.2, -0.15) is 0 Å². The van der Waals surface area contributed by atoms with Gasteiger partial charge in [0.25, 0.3) is 0 Å². The van der Waals surface area contributed by atoms with Gasteiger partial charge in [0.05, 0.1) is 24.8 Å². The van der Waals surface area contributed by atoms with Crippen LogP contribution < -0.4 is 16.5 Å². The van der Waals surface area contributed by atoms with E-state index in [-0.39, 0.29) is 68.2 Å². The van der Waals surface area contributed by atoms with Crippen LogP contribution >= 0.6 is 0 Å². The predicted molar refractivity (Wildman–Crippen MR) is 344 cm³/mol. The summed E-state index contributed by atoms with van der Waals surface area (Å²) in [6, 6.07) is 15.6. The third kappa shape index (κ3) is 34.5. The van der Waals surface area contributed by atoms with Crippen LogP contribution in [0.2, 0.25) is 0 Å². The number of nitrogens with two attached hydrogens (primary N) is 1. The first kappa shape index (κ1) is 77.9. The Morgan fingerprint density at radius 1 is 0.590 bits per heavy atom. The molecule has 4 rings (SSSR count). The Morgan fingerprint density at radius 3 is 1.64 bits per heavy atom. The SMILES string of the molecule is CC(=O)C(C)(C)C.CC(C)(C)CCCCCCC(=O)C(C)(C)C.CC(C)(C)CCCOCCOCC(=O)C(C)(C)C.CC(C)(C)N[C@@H](CCCCN)C(=O)C(C)(C)C.O=C(O)c1ccccc1-c1c2ccc(=O)cc-2oc2cc(O)ccc12. The number of carboxylic acid groups (broad SMARTS) is 1. The van der Waals surface area contributed by atoms with E-state index < -0.39 is 5.97 Å². The van der Waals surface area contributed by atoms with E-state index in [1.54, 1.807) is 37.3 Å². The molecule has 1 aliphatic carbocycles. The molecule has 2 aliphatic rings. The highest BCUT2D eigenvalue weighted by Gasteiger charge is 2.31. The van der Waals surface area contributed by atoms with Crippen LogP contribution in [0, 0.1) is 32.5 Å². The third-order valence-corrected chi connectivity index (χ3v) is 13.3. The Labute approximate surface area is 501 Å². The van der Waals surface area contributed by atoms with Gasteiger partial charge in [-0.1, -0.05) is 169 Å². The lowest BCUT2D eigenvalue weighted by Gasteiger charge is -2.31.